The molecule has 0 bridgehead atoms. The van der Waals surface area contributed by atoms with Crippen molar-refractivity contribution >= 4 is 11.6 Å². The number of nitrogens with zero attached hydrogens (tertiary/aromatic N) is 2. The SMILES string of the molecule is CCCNCCOc1ccc(NC(=O)c2cccc(OC)c2)cc1-c1ccnn1C. The largest absolute Gasteiger partial charge is 0.497 e. The molecule has 0 spiro atoms. The number of methoxy groups -OCH3 is 1. The summed E-state index contributed by atoms with van der Waals surface area (Å²) < 4.78 is 13.0. The molecule has 7 heteroatoms. The van der Waals surface area contributed by atoms with Crippen molar-refractivity contribution in [1.29, 1.82) is 0 Å². The third kappa shape index (κ3) is 5.39. The summed E-state index contributed by atoms with van der Waals surface area (Å²) in [6.07, 6.45) is 2.82. The van der Waals surface area contributed by atoms with Crippen molar-refractivity contribution < 1.29 is 14.3 Å². The highest BCUT2D eigenvalue weighted by Gasteiger charge is 2.13. The molecule has 0 radical (unpaired) electrons. The summed E-state index contributed by atoms with van der Waals surface area (Å²) in [4.78, 5) is 12.7. The fraction of sp³-hybridized carbons (Fsp3) is 0.304. The van der Waals surface area contributed by atoms with Gasteiger partial charge in [-0.15, -0.1) is 0 Å². The Morgan fingerprint density at radius 3 is 2.73 bits per heavy atom. The van der Waals surface area contributed by atoms with E-state index in [1.165, 1.54) is 0 Å². The van der Waals surface area contributed by atoms with Gasteiger partial charge in [-0.1, -0.05) is 13.0 Å². The molecule has 30 heavy (non-hydrogen) atoms. The molecule has 2 N–H and O–H groups in total. The molecule has 0 aliphatic rings. The van der Waals surface area contributed by atoms with Gasteiger partial charge in [0.25, 0.3) is 5.91 Å². The lowest BCUT2D eigenvalue weighted by molar-refractivity contribution is 0.102. The molecule has 0 unspecified atom stereocenters. The monoisotopic (exact) mass is 408 g/mol. The van der Waals surface area contributed by atoms with Crippen LogP contribution in [0.5, 0.6) is 11.5 Å². The van der Waals surface area contributed by atoms with Crippen LogP contribution in [0.3, 0.4) is 0 Å². The van der Waals surface area contributed by atoms with E-state index < -0.39 is 0 Å². The molecule has 1 amide bonds. The van der Waals surface area contributed by atoms with Crippen LogP contribution >= 0.6 is 0 Å². The van der Waals surface area contributed by atoms with Gasteiger partial charge in [0.1, 0.15) is 18.1 Å². The Balaban J connectivity index is 1.80. The van der Waals surface area contributed by atoms with Crippen LogP contribution in [0.4, 0.5) is 5.69 Å². The minimum absolute atomic E-state index is 0.206. The second kappa shape index (κ2) is 10.5. The van der Waals surface area contributed by atoms with E-state index in [-0.39, 0.29) is 5.91 Å². The first kappa shape index (κ1) is 21.4. The van der Waals surface area contributed by atoms with Gasteiger partial charge in [-0.25, -0.2) is 0 Å². The molecule has 3 aromatic rings. The van der Waals surface area contributed by atoms with Crippen molar-refractivity contribution in [3.63, 3.8) is 0 Å². The predicted octanol–water partition coefficient (Wildman–Crippen LogP) is 3.73. The Morgan fingerprint density at radius 1 is 1.13 bits per heavy atom. The van der Waals surface area contributed by atoms with E-state index in [9.17, 15) is 4.79 Å². The van der Waals surface area contributed by atoms with E-state index in [2.05, 4.69) is 22.7 Å². The van der Waals surface area contributed by atoms with Crippen LogP contribution in [-0.2, 0) is 7.05 Å². The van der Waals surface area contributed by atoms with Gasteiger partial charge < -0.3 is 20.1 Å². The summed E-state index contributed by atoms with van der Waals surface area (Å²) in [5.41, 5.74) is 2.98. The number of rotatable bonds is 10. The second-order valence-electron chi connectivity index (χ2n) is 6.84. The van der Waals surface area contributed by atoms with Gasteiger partial charge in [-0.3, -0.25) is 9.48 Å². The van der Waals surface area contributed by atoms with E-state index >= 15 is 0 Å². The van der Waals surface area contributed by atoms with E-state index in [0.29, 0.717) is 23.6 Å². The average Bonchev–Trinajstić information content (AvgIpc) is 3.20. The van der Waals surface area contributed by atoms with E-state index in [0.717, 1.165) is 36.5 Å². The van der Waals surface area contributed by atoms with E-state index in [4.69, 9.17) is 9.47 Å². The molecule has 0 saturated heterocycles. The Kier molecular flexibility index (Phi) is 7.45. The fourth-order valence-corrected chi connectivity index (χ4v) is 3.07. The van der Waals surface area contributed by atoms with Crippen molar-refractivity contribution in [3.05, 3.63) is 60.3 Å². The fourth-order valence-electron chi connectivity index (χ4n) is 3.07. The third-order valence-corrected chi connectivity index (χ3v) is 4.63. The molecule has 0 saturated carbocycles. The van der Waals surface area contributed by atoms with E-state index in [1.54, 1.807) is 42.3 Å². The maximum absolute atomic E-state index is 12.7. The number of aromatic nitrogens is 2. The molecular formula is C23H28N4O3. The van der Waals surface area contributed by atoms with Crippen LogP contribution in [0.2, 0.25) is 0 Å². The molecular weight excluding hydrogens is 380 g/mol. The maximum atomic E-state index is 12.7. The van der Waals surface area contributed by atoms with Crippen LogP contribution in [0, 0.1) is 0 Å². The van der Waals surface area contributed by atoms with E-state index in [1.807, 2.05) is 31.3 Å². The summed E-state index contributed by atoms with van der Waals surface area (Å²) in [5, 5.41) is 10.5. The van der Waals surface area contributed by atoms with Gasteiger partial charge >= 0.3 is 0 Å². The van der Waals surface area contributed by atoms with Gasteiger partial charge in [-0.2, -0.15) is 5.10 Å². The number of hydrogen-bond acceptors (Lipinski definition) is 5. The van der Waals surface area contributed by atoms with Crippen LogP contribution < -0.4 is 20.1 Å². The number of carbonyl (C=O) groups excluding carboxylic acids is 1. The van der Waals surface area contributed by atoms with Crippen molar-refractivity contribution in [1.82, 2.24) is 15.1 Å². The molecule has 0 aliphatic heterocycles. The highest BCUT2D eigenvalue weighted by molar-refractivity contribution is 6.04. The summed E-state index contributed by atoms with van der Waals surface area (Å²) in [7, 11) is 3.46. The highest BCUT2D eigenvalue weighted by Crippen LogP contribution is 2.32. The van der Waals surface area contributed by atoms with Crippen LogP contribution in [0.1, 0.15) is 23.7 Å². The van der Waals surface area contributed by atoms with Crippen molar-refractivity contribution in [2.24, 2.45) is 7.05 Å². The second-order valence-corrected chi connectivity index (χ2v) is 6.84. The number of nitrogens with one attached hydrogen (secondary N) is 2. The number of amides is 1. The van der Waals surface area contributed by atoms with Gasteiger partial charge in [-0.05, 0) is 55.4 Å². The smallest absolute Gasteiger partial charge is 0.255 e. The minimum atomic E-state index is -0.206. The predicted molar refractivity (Wildman–Crippen MR) is 118 cm³/mol. The number of benzene rings is 2. The number of anilines is 1. The van der Waals surface area contributed by atoms with Crippen molar-refractivity contribution in [3.8, 4) is 22.8 Å². The van der Waals surface area contributed by atoms with Gasteiger partial charge in [0.15, 0.2) is 0 Å². The lowest BCUT2D eigenvalue weighted by atomic mass is 10.1. The lowest BCUT2D eigenvalue weighted by Gasteiger charge is -2.15. The molecule has 0 fully saturated rings. The number of ether oxygens (including phenoxy) is 2. The van der Waals surface area contributed by atoms with Gasteiger partial charge in [0.05, 0.1) is 12.8 Å². The summed E-state index contributed by atoms with van der Waals surface area (Å²) in [6.45, 7) is 4.42. The molecule has 2 aromatic carbocycles. The quantitative estimate of drug-likeness (QED) is 0.500. The first-order chi connectivity index (χ1) is 14.6. The first-order valence-corrected chi connectivity index (χ1v) is 10.0. The molecule has 158 valence electrons. The molecule has 1 heterocycles. The first-order valence-electron chi connectivity index (χ1n) is 10.0. The number of carbonyl (C=O) groups is 1. The average molecular weight is 409 g/mol. The highest BCUT2D eigenvalue weighted by atomic mass is 16.5. The Hall–Kier alpha value is -3.32. The Morgan fingerprint density at radius 2 is 2.00 bits per heavy atom. The normalized spacial score (nSPS) is 10.6. The lowest BCUT2D eigenvalue weighted by Crippen LogP contribution is -2.21. The standard InChI is InChI=1S/C23H28N4O3/c1-4-11-24-13-14-30-22-9-8-18(16-20(22)21-10-12-25-27(21)2)26-23(28)17-6-5-7-19(15-17)29-3/h5-10,12,15-16,24H,4,11,13-14H2,1-3H3,(H,26,28). The minimum Gasteiger partial charge on any atom is -0.497 e. The molecule has 7 nitrogen and oxygen atoms in total. The Bertz CT molecular complexity index is 984. The van der Waals surface area contributed by atoms with Crippen LogP contribution in [-0.4, -0.2) is 42.5 Å². The van der Waals surface area contributed by atoms with Gasteiger partial charge in [0, 0.05) is 36.6 Å². The molecule has 3 rings (SSSR count). The summed E-state index contributed by atoms with van der Waals surface area (Å²) in [5.74, 6) is 1.18. The van der Waals surface area contributed by atoms with Crippen molar-refractivity contribution in [2.45, 2.75) is 13.3 Å². The van der Waals surface area contributed by atoms with Gasteiger partial charge in [0.2, 0.25) is 0 Å². The maximum Gasteiger partial charge on any atom is 0.255 e. The Labute approximate surface area is 177 Å². The van der Waals surface area contributed by atoms with Crippen molar-refractivity contribution in [2.75, 3.05) is 32.1 Å². The zero-order chi connectivity index (χ0) is 21.3. The molecule has 1 aromatic heterocycles. The number of hydrogen-bond donors (Lipinski definition) is 2. The van der Waals surface area contributed by atoms with Crippen LogP contribution in [0.15, 0.2) is 54.7 Å². The van der Waals surface area contributed by atoms with Crippen LogP contribution in [0.25, 0.3) is 11.3 Å². The molecule has 0 aliphatic carbocycles. The summed E-state index contributed by atoms with van der Waals surface area (Å²) >= 11 is 0. The third-order valence-electron chi connectivity index (χ3n) is 4.63. The molecule has 0 atom stereocenters. The topological polar surface area (TPSA) is 77.4 Å². The zero-order valence-corrected chi connectivity index (χ0v) is 17.6. The zero-order valence-electron chi connectivity index (χ0n) is 17.6. The number of aryl methyl sites for hydroxylation is 1. The summed E-state index contributed by atoms with van der Waals surface area (Å²) in [6, 6.07) is 14.6.